The smallest absolute Gasteiger partial charge is 0.262 e. The number of halogens is 1. The van der Waals surface area contributed by atoms with Gasteiger partial charge in [-0.1, -0.05) is 11.3 Å². The van der Waals surface area contributed by atoms with E-state index >= 15 is 0 Å². The summed E-state index contributed by atoms with van der Waals surface area (Å²) >= 11 is 1.24. The number of hydrogen-bond acceptors (Lipinski definition) is 5. The molecule has 30 heavy (non-hydrogen) atoms. The van der Waals surface area contributed by atoms with E-state index in [-0.39, 0.29) is 17.6 Å². The molecular weight excluding hydrogens is 405 g/mol. The highest BCUT2D eigenvalue weighted by atomic mass is 32.1. The molecule has 6 rings (SSSR count). The maximum Gasteiger partial charge on any atom is 0.262 e. The van der Waals surface area contributed by atoms with Crippen LogP contribution in [-0.2, 0) is 20.9 Å². The van der Waals surface area contributed by atoms with E-state index < -0.39 is 11.4 Å². The lowest BCUT2D eigenvalue weighted by Gasteiger charge is -2.53. The second-order valence-electron chi connectivity index (χ2n) is 8.81. The number of Topliss-reactive ketones (excluding diaryl/α,β-unsaturated/α-hetero) is 1. The third-order valence-corrected chi connectivity index (χ3v) is 7.96. The zero-order chi connectivity index (χ0) is 20.9. The highest BCUT2D eigenvalue weighted by Gasteiger charge is 2.60. The average Bonchev–Trinajstić information content (AvgIpc) is 3.12. The second-order valence-corrected chi connectivity index (χ2v) is 9.82. The molecule has 4 saturated carbocycles. The highest BCUT2D eigenvalue weighted by molar-refractivity contribution is 7.12. The molecule has 2 atom stereocenters. The van der Waals surface area contributed by atoms with Gasteiger partial charge in [-0.3, -0.25) is 9.59 Å². The molecule has 158 valence electrons. The van der Waals surface area contributed by atoms with Crippen molar-refractivity contribution < 1.29 is 18.7 Å². The van der Waals surface area contributed by atoms with E-state index in [0.29, 0.717) is 53.1 Å². The minimum absolute atomic E-state index is 0.0272. The van der Waals surface area contributed by atoms with E-state index in [0.717, 1.165) is 19.3 Å². The highest BCUT2D eigenvalue weighted by Crippen LogP contribution is 2.58. The SMILES string of the molecule is COCCn1cc(-c2cccnc2F)sc1=NC(=O)C12CC3CC(CC(C3)C1=O)C2. The van der Waals surface area contributed by atoms with Crippen LogP contribution in [0.5, 0.6) is 0 Å². The van der Waals surface area contributed by atoms with Gasteiger partial charge in [-0.05, 0) is 56.1 Å². The number of amides is 1. The van der Waals surface area contributed by atoms with Crippen molar-refractivity contribution in [2.45, 2.75) is 38.6 Å². The molecule has 4 bridgehead atoms. The van der Waals surface area contributed by atoms with Gasteiger partial charge in [-0.15, -0.1) is 0 Å². The van der Waals surface area contributed by atoms with Crippen LogP contribution >= 0.6 is 11.3 Å². The summed E-state index contributed by atoms with van der Waals surface area (Å²) in [6, 6.07) is 3.33. The fraction of sp³-hybridized carbons (Fsp3) is 0.545. The quantitative estimate of drug-likeness (QED) is 0.540. The van der Waals surface area contributed by atoms with Crippen LogP contribution in [-0.4, -0.2) is 35.0 Å². The average molecular weight is 430 g/mol. The number of carbonyl (C=O) groups is 2. The van der Waals surface area contributed by atoms with Gasteiger partial charge in [0.15, 0.2) is 10.6 Å². The predicted octanol–water partition coefficient (Wildman–Crippen LogP) is 3.22. The van der Waals surface area contributed by atoms with E-state index in [9.17, 15) is 14.0 Å². The molecule has 2 heterocycles. The monoisotopic (exact) mass is 429 g/mol. The first-order valence-electron chi connectivity index (χ1n) is 10.4. The molecule has 4 fully saturated rings. The van der Waals surface area contributed by atoms with Crippen molar-refractivity contribution in [3.63, 3.8) is 0 Å². The van der Waals surface area contributed by atoms with Crippen molar-refractivity contribution in [3.8, 4) is 10.4 Å². The number of methoxy groups -OCH3 is 1. The van der Waals surface area contributed by atoms with Crippen LogP contribution < -0.4 is 4.80 Å². The number of ether oxygens (including phenoxy) is 1. The lowest BCUT2D eigenvalue weighted by molar-refractivity contribution is -0.160. The summed E-state index contributed by atoms with van der Waals surface area (Å²) in [6.45, 7) is 0.916. The Bertz CT molecular complexity index is 1060. The number of hydrogen-bond donors (Lipinski definition) is 0. The summed E-state index contributed by atoms with van der Waals surface area (Å²) in [5.41, 5.74) is -0.578. The number of carbonyl (C=O) groups excluding carboxylic acids is 2. The lowest BCUT2D eigenvalue weighted by atomic mass is 9.48. The van der Waals surface area contributed by atoms with Gasteiger partial charge in [0.2, 0.25) is 5.95 Å². The summed E-state index contributed by atoms with van der Waals surface area (Å²) in [4.78, 5) is 35.8. The Kier molecular flexibility index (Phi) is 4.94. The molecule has 8 heteroatoms. The topological polar surface area (TPSA) is 73.5 Å². The van der Waals surface area contributed by atoms with Crippen LogP contribution in [0, 0.1) is 29.1 Å². The molecule has 0 aromatic carbocycles. The Labute approximate surface area is 177 Å². The van der Waals surface area contributed by atoms with Gasteiger partial charge in [-0.2, -0.15) is 9.38 Å². The van der Waals surface area contributed by atoms with E-state index in [2.05, 4.69) is 9.98 Å². The van der Waals surface area contributed by atoms with Crippen molar-refractivity contribution in [2.75, 3.05) is 13.7 Å². The molecule has 0 spiro atoms. The van der Waals surface area contributed by atoms with Crippen LogP contribution in [0.3, 0.4) is 0 Å². The molecule has 0 radical (unpaired) electrons. The van der Waals surface area contributed by atoms with Crippen molar-refractivity contribution in [1.82, 2.24) is 9.55 Å². The van der Waals surface area contributed by atoms with Gasteiger partial charge in [0, 0.05) is 37.5 Å². The van der Waals surface area contributed by atoms with Gasteiger partial charge in [0.05, 0.1) is 11.5 Å². The summed E-state index contributed by atoms with van der Waals surface area (Å²) in [6.07, 6.45) is 7.44. The Morgan fingerprint density at radius 2 is 2.13 bits per heavy atom. The van der Waals surface area contributed by atoms with Crippen molar-refractivity contribution >= 4 is 23.0 Å². The number of ketones is 1. The first-order valence-corrected chi connectivity index (χ1v) is 11.3. The van der Waals surface area contributed by atoms with Gasteiger partial charge >= 0.3 is 0 Å². The third kappa shape index (κ3) is 3.17. The van der Waals surface area contributed by atoms with Gasteiger partial charge in [0.1, 0.15) is 5.41 Å². The largest absolute Gasteiger partial charge is 0.383 e. The van der Waals surface area contributed by atoms with E-state index in [4.69, 9.17) is 4.74 Å². The van der Waals surface area contributed by atoms with E-state index in [1.165, 1.54) is 17.5 Å². The lowest BCUT2D eigenvalue weighted by Crippen LogP contribution is -2.56. The summed E-state index contributed by atoms with van der Waals surface area (Å²) in [7, 11) is 1.60. The Balaban J connectivity index is 1.55. The van der Waals surface area contributed by atoms with Crippen LogP contribution in [0.4, 0.5) is 4.39 Å². The van der Waals surface area contributed by atoms with Gasteiger partial charge in [-0.25, -0.2) is 4.98 Å². The van der Waals surface area contributed by atoms with Crippen LogP contribution in [0.25, 0.3) is 10.4 Å². The van der Waals surface area contributed by atoms with E-state index in [1.54, 1.807) is 30.0 Å². The predicted molar refractivity (Wildman–Crippen MR) is 109 cm³/mol. The maximum atomic E-state index is 14.2. The number of rotatable bonds is 5. The Hall–Kier alpha value is -2.19. The molecule has 0 aliphatic heterocycles. The van der Waals surface area contributed by atoms with Crippen LogP contribution in [0.1, 0.15) is 32.1 Å². The zero-order valence-electron chi connectivity index (χ0n) is 16.8. The third-order valence-electron chi connectivity index (χ3n) is 6.91. The zero-order valence-corrected chi connectivity index (χ0v) is 17.7. The Morgan fingerprint density at radius 3 is 2.83 bits per heavy atom. The van der Waals surface area contributed by atoms with Crippen molar-refractivity contribution in [2.24, 2.45) is 28.2 Å². The van der Waals surface area contributed by atoms with Gasteiger partial charge < -0.3 is 9.30 Å². The summed E-state index contributed by atoms with van der Waals surface area (Å²) in [5, 5.41) is 0. The summed E-state index contributed by atoms with van der Waals surface area (Å²) < 4.78 is 21.2. The molecule has 6 nitrogen and oxygen atoms in total. The molecule has 2 aromatic rings. The van der Waals surface area contributed by atoms with Crippen molar-refractivity contribution in [3.05, 3.63) is 35.3 Å². The number of aromatic nitrogens is 2. The van der Waals surface area contributed by atoms with Crippen LogP contribution in [0.2, 0.25) is 0 Å². The second kappa shape index (κ2) is 7.50. The standard InChI is InChI=1S/C22H24FN3O3S/c1-29-6-5-26-12-17(16-3-2-4-24-19(16)23)30-21(26)25-20(28)22-10-13-7-14(11-22)9-15(8-13)18(22)27/h2-4,12-15H,5-11H2,1H3. The molecule has 2 unspecified atom stereocenters. The number of nitrogens with zero attached hydrogens (tertiary/aromatic N) is 3. The Morgan fingerprint density at radius 1 is 1.37 bits per heavy atom. The minimum atomic E-state index is -0.947. The fourth-order valence-corrected chi connectivity index (χ4v) is 6.79. The molecule has 1 amide bonds. The van der Waals surface area contributed by atoms with Crippen LogP contribution in [0.15, 0.2) is 29.5 Å². The molecule has 4 aliphatic rings. The molecule has 0 N–H and O–H groups in total. The molecule has 0 saturated heterocycles. The van der Waals surface area contributed by atoms with Crippen molar-refractivity contribution in [1.29, 1.82) is 0 Å². The summed E-state index contributed by atoms with van der Waals surface area (Å²) in [5.74, 6) is 0.165. The van der Waals surface area contributed by atoms with Gasteiger partial charge in [0.25, 0.3) is 5.91 Å². The first-order chi connectivity index (χ1) is 14.5. The first kappa shape index (κ1) is 19.8. The fourth-order valence-electron chi connectivity index (χ4n) is 5.76. The molecule has 4 aliphatic carbocycles. The normalized spacial score (nSPS) is 30.3. The number of thiazole rings is 1. The van der Waals surface area contributed by atoms with E-state index in [1.807, 2.05) is 0 Å². The molecule has 2 aromatic heterocycles. The minimum Gasteiger partial charge on any atom is -0.383 e. The maximum absolute atomic E-state index is 14.2. The number of pyridine rings is 1. The molecular formula is C22H24FN3O3S.